The van der Waals surface area contributed by atoms with Crippen LogP contribution in [0.25, 0.3) is 11.1 Å². The predicted molar refractivity (Wildman–Crippen MR) is 131 cm³/mol. The molecule has 0 aliphatic heterocycles. The minimum Gasteiger partial charge on any atom is -0.465 e. The number of hydrogen-bond donors (Lipinski definition) is 0. The number of aryl methyl sites for hydroxylation is 2. The number of hydrogen-bond acceptors (Lipinski definition) is 2. The van der Waals surface area contributed by atoms with E-state index in [4.69, 9.17) is 0 Å². The van der Waals surface area contributed by atoms with E-state index in [-0.39, 0.29) is 5.97 Å². The molecule has 0 heterocycles. The van der Waals surface area contributed by atoms with E-state index >= 15 is 0 Å². The molecule has 0 fully saturated rings. The Labute approximate surface area is 183 Å². The van der Waals surface area contributed by atoms with Crippen molar-refractivity contribution in [1.29, 1.82) is 0 Å². The first-order valence-corrected chi connectivity index (χ1v) is 11.0. The molecule has 30 heavy (non-hydrogen) atoms. The van der Waals surface area contributed by atoms with Crippen LogP contribution in [0.3, 0.4) is 0 Å². The summed E-state index contributed by atoms with van der Waals surface area (Å²) in [6.07, 6.45) is 2.03. The molecular formula is C28H38O2. The summed E-state index contributed by atoms with van der Waals surface area (Å²) in [6, 6.07) is 26.7. The molecule has 2 nitrogen and oxygen atoms in total. The number of methoxy groups -OCH3 is 1. The van der Waals surface area contributed by atoms with E-state index < -0.39 is 0 Å². The number of carbonyl (C=O) groups excluding carboxylic acids is 1. The zero-order valence-electron chi connectivity index (χ0n) is 19.7. The van der Waals surface area contributed by atoms with Gasteiger partial charge in [-0.15, -0.1) is 0 Å². The average Bonchev–Trinajstić information content (AvgIpc) is 2.87. The van der Waals surface area contributed by atoms with Crippen LogP contribution in [0.15, 0.2) is 78.9 Å². The molecule has 3 rings (SSSR count). The molecule has 0 spiro atoms. The molecule has 0 atom stereocenters. The Bertz CT molecular complexity index is 823. The normalized spacial score (nSPS) is 8.90. The van der Waals surface area contributed by atoms with Crippen LogP contribution in [-0.2, 0) is 17.6 Å². The predicted octanol–water partition coefficient (Wildman–Crippen LogP) is 8.00. The van der Waals surface area contributed by atoms with Crippen LogP contribution in [-0.4, -0.2) is 13.1 Å². The SMILES string of the molecule is CC.CC.CCc1cccc(-c2ccccc2)c1.CCc1cccc(C(=O)OC)c1. The van der Waals surface area contributed by atoms with Gasteiger partial charge in [0.1, 0.15) is 0 Å². The van der Waals surface area contributed by atoms with E-state index in [1.807, 2.05) is 52.0 Å². The molecule has 3 aromatic rings. The fourth-order valence-corrected chi connectivity index (χ4v) is 2.64. The molecule has 0 saturated heterocycles. The molecule has 0 aliphatic carbocycles. The van der Waals surface area contributed by atoms with Crippen molar-refractivity contribution in [3.8, 4) is 11.1 Å². The molecule has 2 heteroatoms. The molecule has 162 valence electrons. The first-order chi connectivity index (χ1) is 14.7. The summed E-state index contributed by atoms with van der Waals surface area (Å²) in [5, 5.41) is 0. The van der Waals surface area contributed by atoms with Gasteiger partial charge >= 0.3 is 5.97 Å². The third-order valence-corrected chi connectivity index (χ3v) is 4.20. The monoisotopic (exact) mass is 406 g/mol. The maximum Gasteiger partial charge on any atom is 0.337 e. The van der Waals surface area contributed by atoms with Crippen molar-refractivity contribution < 1.29 is 9.53 Å². The summed E-state index contributed by atoms with van der Waals surface area (Å²) in [5.41, 5.74) is 5.77. The lowest BCUT2D eigenvalue weighted by molar-refractivity contribution is 0.0600. The van der Waals surface area contributed by atoms with Crippen LogP contribution >= 0.6 is 0 Å². The lowest BCUT2D eigenvalue weighted by atomic mass is 10.0. The zero-order chi connectivity index (χ0) is 22.8. The molecular weight excluding hydrogens is 368 g/mol. The lowest BCUT2D eigenvalue weighted by Gasteiger charge is -2.03. The van der Waals surface area contributed by atoms with Crippen molar-refractivity contribution in [2.24, 2.45) is 0 Å². The molecule has 0 aromatic heterocycles. The third-order valence-electron chi connectivity index (χ3n) is 4.20. The van der Waals surface area contributed by atoms with E-state index in [0.29, 0.717) is 5.56 Å². The van der Waals surface area contributed by atoms with Crippen LogP contribution in [0.4, 0.5) is 0 Å². The second-order valence-electron chi connectivity index (χ2n) is 5.97. The number of carbonyl (C=O) groups is 1. The van der Waals surface area contributed by atoms with Crippen LogP contribution in [0.1, 0.15) is 63.0 Å². The molecule has 0 aliphatic rings. The highest BCUT2D eigenvalue weighted by Gasteiger charge is 2.03. The minimum absolute atomic E-state index is 0.273. The smallest absolute Gasteiger partial charge is 0.337 e. The average molecular weight is 407 g/mol. The first-order valence-electron chi connectivity index (χ1n) is 11.0. The lowest BCUT2D eigenvalue weighted by Crippen LogP contribution is -2.01. The van der Waals surface area contributed by atoms with Crippen molar-refractivity contribution in [3.05, 3.63) is 95.6 Å². The molecule has 3 aromatic carbocycles. The second-order valence-corrected chi connectivity index (χ2v) is 5.97. The summed E-state index contributed by atoms with van der Waals surface area (Å²) in [5.74, 6) is -0.273. The minimum atomic E-state index is -0.273. The summed E-state index contributed by atoms with van der Waals surface area (Å²) >= 11 is 0. The van der Waals surface area contributed by atoms with Gasteiger partial charge in [-0.25, -0.2) is 4.79 Å². The molecule has 0 N–H and O–H groups in total. The van der Waals surface area contributed by atoms with Gasteiger partial charge in [-0.2, -0.15) is 0 Å². The number of ether oxygens (including phenoxy) is 1. The maximum atomic E-state index is 11.1. The third kappa shape index (κ3) is 9.56. The fraction of sp³-hybridized carbons (Fsp3) is 0.321. The molecule has 0 unspecified atom stereocenters. The van der Waals surface area contributed by atoms with Crippen LogP contribution in [0.5, 0.6) is 0 Å². The van der Waals surface area contributed by atoms with Crippen molar-refractivity contribution in [2.75, 3.05) is 7.11 Å². The molecule has 0 bridgehead atoms. The van der Waals surface area contributed by atoms with Gasteiger partial charge < -0.3 is 4.74 Å². The van der Waals surface area contributed by atoms with Gasteiger partial charge in [0.05, 0.1) is 12.7 Å². The zero-order valence-corrected chi connectivity index (χ0v) is 19.7. The van der Waals surface area contributed by atoms with Gasteiger partial charge in [0.15, 0.2) is 0 Å². The maximum absolute atomic E-state index is 11.1. The second kappa shape index (κ2) is 17.0. The van der Waals surface area contributed by atoms with Gasteiger partial charge in [0.25, 0.3) is 0 Å². The standard InChI is InChI=1S/C14H14.C10H12O2.2C2H6/c1-2-12-7-6-10-14(11-12)13-8-4-3-5-9-13;1-3-8-5-4-6-9(7-8)10(11)12-2;2*1-2/h3-11H,2H2,1H3;4-7H,3H2,1-2H3;2*1-2H3. The van der Waals surface area contributed by atoms with Crippen molar-refractivity contribution >= 4 is 5.97 Å². The van der Waals surface area contributed by atoms with Crippen LogP contribution < -0.4 is 0 Å². The Morgan fingerprint density at radius 2 is 1.17 bits per heavy atom. The highest BCUT2D eigenvalue weighted by Crippen LogP contribution is 2.19. The van der Waals surface area contributed by atoms with Crippen molar-refractivity contribution in [2.45, 2.75) is 54.4 Å². The van der Waals surface area contributed by atoms with Gasteiger partial charge in [0.2, 0.25) is 0 Å². The van der Waals surface area contributed by atoms with Gasteiger partial charge in [0, 0.05) is 0 Å². The van der Waals surface area contributed by atoms with Crippen LogP contribution in [0.2, 0.25) is 0 Å². The summed E-state index contributed by atoms with van der Waals surface area (Å²) in [6.45, 7) is 12.2. The number of rotatable bonds is 4. The summed E-state index contributed by atoms with van der Waals surface area (Å²) in [7, 11) is 1.39. The Kier molecular flexibility index (Phi) is 15.4. The highest BCUT2D eigenvalue weighted by atomic mass is 16.5. The van der Waals surface area contributed by atoms with E-state index in [1.54, 1.807) is 6.07 Å². The molecule has 0 radical (unpaired) electrons. The van der Waals surface area contributed by atoms with Gasteiger partial charge in [-0.1, -0.05) is 108 Å². The van der Waals surface area contributed by atoms with Crippen LogP contribution in [0, 0.1) is 0 Å². The topological polar surface area (TPSA) is 26.3 Å². The van der Waals surface area contributed by atoms with Crippen molar-refractivity contribution in [3.63, 3.8) is 0 Å². The van der Waals surface area contributed by atoms with E-state index in [0.717, 1.165) is 18.4 Å². The Morgan fingerprint density at radius 1 is 0.667 bits per heavy atom. The van der Waals surface area contributed by atoms with Crippen molar-refractivity contribution in [1.82, 2.24) is 0 Å². The fourth-order valence-electron chi connectivity index (χ4n) is 2.64. The van der Waals surface area contributed by atoms with Gasteiger partial charge in [-0.05, 0) is 47.2 Å². The quantitative estimate of drug-likeness (QED) is 0.410. The highest BCUT2D eigenvalue weighted by molar-refractivity contribution is 5.89. The number of esters is 1. The van der Waals surface area contributed by atoms with E-state index in [1.165, 1.54) is 23.8 Å². The van der Waals surface area contributed by atoms with Gasteiger partial charge in [-0.3, -0.25) is 0 Å². The van der Waals surface area contributed by atoms with E-state index in [9.17, 15) is 4.79 Å². The summed E-state index contributed by atoms with van der Waals surface area (Å²) < 4.78 is 4.60. The largest absolute Gasteiger partial charge is 0.465 e. The summed E-state index contributed by atoms with van der Waals surface area (Å²) in [4.78, 5) is 11.1. The molecule has 0 amide bonds. The van der Waals surface area contributed by atoms with E-state index in [2.05, 4.69) is 67.1 Å². The Balaban J connectivity index is 0.000000486. The first kappa shape index (κ1) is 27.1. The number of benzene rings is 3. The molecule has 0 saturated carbocycles. The Hall–Kier alpha value is -2.87. The Morgan fingerprint density at radius 3 is 1.70 bits per heavy atom.